The molecule has 5 atom stereocenters. The molecule has 2 aromatic rings. The van der Waals surface area contributed by atoms with Crippen LogP contribution in [0.5, 0.6) is 0 Å². The van der Waals surface area contributed by atoms with Crippen LogP contribution in [0, 0.1) is 6.92 Å². The Balaban J connectivity index is 1.64. The van der Waals surface area contributed by atoms with Crippen LogP contribution in [0.2, 0.25) is 0 Å². The summed E-state index contributed by atoms with van der Waals surface area (Å²) in [6.07, 6.45) is -0.0618. The first-order chi connectivity index (χ1) is 13.8. The Morgan fingerprint density at radius 2 is 2.11 bits per heavy atom. The SMILES string of the molecule is [2H]C[C@@]12O[C@@H](n3cc(C)c(NC(=O)c4ccccc4)nc3=O)[C@@H]([C@@H]1O)N(C)[C@@H]2C. The molecule has 2 aliphatic rings. The second kappa shape index (κ2) is 6.51. The first-order valence-electron chi connectivity index (χ1n) is 9.84. The van der Waals surface area contributed by atoms with Gasteiger partial charge in [-0.15, -0.1) is 0 Å². The molecule has 0 aliphatic carbocycles. The molecule has 2 aliphatic heterocycles. The molecule has 4 rings (SSSR count). The van der Waals surface area contributed by atoms with Crippen LogP contribution in [0.25, 0.3) is 0 Å². The Kier molecular flexibility index (Phi) is 4.08. The monoisotopic (exact) mass is 385 g/mol. The molecule has 28 heavy (non-hydrogen) atoms. The fourth-order valence-corrected chi connectivity index (χ4v) is 4.05. The van der Waals surface area contributed by atoms with Gasteiger partial charge in [-0.1, -0.05) is 18.2 Å². The number of nitrogens with zero attached hydrogens (tertiary/aromatic N) is 3. The van der Waals surface area contributed by atoms with E-state index in [9.17, 15) is 14.7 Å². The van der Waals surface area contributed by atoms with E-state index < -0.39 is 29.7 Å². The number of aromatic nitrogens is 2. The molecule has 1 amide bonds. The van der Waals surface area contributed by atoms with Gasteiger partial charge in [0.2, 0.25) is 0 Å². The Morgan fingerprint density at radius 3 is 2.75 bits per heavy atom. The third kappa shape index (κ3) is 2.68. The highest BCUT2D eigenvalue weighted by molar-refractivity contribution is 6.03. The number of nitrogens with one attached hydrogen (secondary N) is 1. The lowest BCUT2D eigenvalue weighted by atomic mass is 9.96. The fourth-order valence-electron chi connectivity index (χ4n) is 4.05. The van der Waals surface area contributed by atoms with Gasteiger partial charge in [-0.2, -0.15) is 4.98 Å². The number of hydrogen-bond acceptors (Lipinski definition) is 6. The maximum absolute atomic E-state index is 12.7. The summed E-state index contributed by atoms with van der Waals surface area (Å²) in [6.45, 7) is 3.53. The van der Waals surface area contributed by atoms with E-state index in [1.54, 1.807) is 37.4 Å². The van der Waals surface area contributed by atoms with Crippen molar-refractivity contribution >= 4 is 11.7 Å². The number of benzene rings is 1. The summed E-state index contributed by atoms with van der Waals surface area (Å²) in [5.74, 6) is -0.174. The van der Waals surface area contributed by atoms with E-state index in [0.29, 0.717) is 11.1 Å². The van der Waals surface area contributed by atoms with Gasteiger partial charge in [-0.05, 0) is 39.9 Å². The molecule has 8 nitrogen and oxygen atoms in total. The minimum atomic E-state index is -1.04. The largest absolute Gasteiger partial charge is 0.388 e. The smallest absolute Gasteiger partial charge is 0.351 e. The second-order valence-electron chi connectivity index (χ2n) is 7.52. The standard InChI is InChI=1S/C20H24N4O4/c1-11-10-24(18-14-15(25)20(3,28-18)12(2)23(14)4)19(27)22-16(11)21-17(26)13-8-6-5-7-9-13/h5-10,12,14-15,18,25H,1-4H3,(H,21,22,26,27)/t12-,14-,15+,18-,20+/m1/s1/i3D. The molecular formula is C20H24N4O4. The predicted molar refractivity (Wildman–Crippen MR) is 103 cm³/mol. The number of hydrogen-bond donors (Lipinski definition) is 2. The molecule has 2 saturated heterocycles. The molecule has 1 aromatic heterocycles. The Labute approximate surface area is 164 Å². The molecule has 2 N–H and O–H groups in total. The maximum Gasteiger partial charge on any atom is 0.351 e. The highest BCUT2D eigenvalue weighted by atomic mass is 16.6. The summed E-state index contributed by atoms with van der Waals surface area (Å²) < 4.78 is 15.3. The molecule has 3 heterocycles. The van der Waals surface area contributed by atoms with Gasteiger partial charge in [0.15, 0.2) is 6.23 Å². The van der Waals surface area contributed by atoms with Crippen LogP contribution in [-0.4, -0.2) is 56.3 Å². The van der Waals surface area contributed by atoms with Crippen LogP contribution in [-0.2, 0) is 4.74 Å². The molecule has 0 radical (unpaired) electrons. The molecule has 0 unspecified atom stereocenters. The Bertz CT molecular complexity index is 998. The van der Waals surface area contributed by atoms with Crippen molar-refractivity contribution in [2.24, 2.45) is 0 Å². The molecule has 8 heteroatoms. The van der Waals surface area contributed by atoms with E-state index in [-0.39, 0.29) is 24.7 Å². The number of aryl methyl sites for hydroxylation is 1. The van der Waals surface area contributed by atoms with Crippen molar-refractivity contribution in [3.8, 4) is 0 Å². The van der Waals surface area contributed by atoms with Gasteiger partial charge in [0.1, 0.15) is 17.5 Å². The average molecular weight is 385 g/mol. The van der Waals surface area contributed by atoms with Crippen molar-refractivity contribution in [3.63, 3.8) is 0 Å². The summed E-state index contributed by atoms with van der Waals surface area (Å²) in [6, 6.07) is 8.06. The highest BCUT2D eigenvalue weighted by Crippen LogP contribution is 2.48. The minimum Gasteiger partial charge on any atom is -0.388 e. The zero-order valence-corrected chi connectivity index (χ0v) is 16.0. The summed E-state index contributed by atoms with van der Waals surface area (Å²) >= 11 is 0. The second-order valence-corrected chi connectivity index (χ2v) is 7.52. The third-order valence-electron chi connectivity index (χ3n) is 5.92. The van der Waals surface area contributed by atoms with Crippen LogP contribution in [0.4, 0.5) is 5.82 Å². The lowest BCUT2D eigenvalue weighted by Gasteiger charge is -2.39. The summed E-state index contributed by atoms with van der Waals surface area (Å²) in [5.41, 5.74) is -0.585. The number of ether oxygens (including phenoxy) is 1. The number of aliphatic hydroxyl groups is 1. The van der Waals surface area contributed by atoms with Crippen molar-refractivity contribution in [2.75, 3.05) is 12.4 Å². The molecule has 0 saturated carbocycles. The number of carbonyl (C=O) groups is 1. The molecule has 2 fully saturated rings. The number of anilines is 1. The van der Waals surface area contributed by atoms with Crippen molar-refractivity contribution in [3.05, 3.63) is 58.1 Å². The topological polar surface area (TPSA) is 96.7 Å². The van der Waals surface area contributed by atoms with Crippen LogP contribution in [0.1, 0.15) is 37.3 Å². The predicted octanol–water partition coefficient (Wildman–Crippen LogP) is 1.15. The fraction of sp³-hybridized carbons (Fsp3) is 0.450. The van der Waals surface area contributed by atoms with Crippen LogP contribution >= 0.6 is 0 Å². The number of rotatable bonds is 3. The van der Waals surface area contributed by atoms with Gasteiger partial charge in [0.25, 0.3) is 5.91 Å². The number of amides is 1. The number of likely N-dealkylation sites (N-methyl/N-ethyl adjacent to an activating group) is 1. The number of likely N-dealkylation sites (tertiary alicyclic amines) is 1. The quantitative estimate of drug-likeness (QED) is 0.823. The maximum atomic E-state index is 12.7. The number of morpholine rings is 1. The van der Waals surface area contributed by atoms with Crippen molar-refractivity contribution in [1.82, 2.24) is 14.5 Å². The first-order valence-corrected chi connectivity index (χ1v) is 9.13. The van der Waals surface area contributed by atoms with E-state index in [0.717, 1.165) is 0 Å². The molecule has 2 bridgehead atoms. The minimum absolute atomic E-state index is 0.112. The lowest BCUT2D eigenvalue weighted by molar-refractivity contribution is -0.149. The molecule has 0 spiro atoms. The van der Waals surface area contributed by atoms with Gasteiger partial charge in [0.05, 0.1) is 6.04 Å². The van der Waals surface area contributed by atoms with E-state index in [1.807, 2.05) is 24.9 Å². The average Bonchev–Trinajstić information content (AvgIpc) is 3.11. The summed E-state index contributed by atoms with van der Waals surface area (Å²) in [4.78, 5) is 31.1. The number of aliphatic hydroxyl groups excluding tert-OH is 1. The van der Waals surface area contributed by atoms with Crippen LogP contribution < -0.4 is 11.0 Å². The van der Waals surface area contributed by atoms with E-state index in [2.05, 4.69) is 10.3 Å². The normalized spacial score (nSPS) is 32.4. The van der Waals surface area contributed by atoms with Crippen molar-refractivity contribution in [2.45, 2.75) is 50.8 Å². The first kappa shape index (κ1) is 17.5. The number of fused-ring (bicyclic) bond motifs is 2. The van der Waals surface area contributed by atoms with E-state index in [4.69, 9.17) is 6.11 Å². The van der Waals surface area contributed by atoms with Crippen LogP contribution in [0.3, 0.4) is 0 Å². The van der Waals surface area contributed by atoms with Crippen LogP contribution in [0.15, 0.2) is 41.3 Å². The van der Waals surface area contributed by atoms with Gasteiger partial charge < -0.3 is 15.2 Å². The van der Waals surface area contributed by atoms with E-state index >= 15 is 0 Å². The Hall–Kier alpha value is -2.55. The molecule has 1 aromatic carbocycles. The van der Waals surface area contributed by atoms with Gasteiger partial charge in [0, 0.05) is 24.7 Å². The lowest BCUT2D eigenvalue weighted by Crippen LogP contribution is -2.50. The van der Waals surface area contributed by atoms with Gasteiger partial charge in [-0.25, -0.2) is 4.79 Å². The van der Waals surface area contributed by atoms with E-state index in [1.165, 1.54) is 4.57 Å². The van der Waals surface area contributed by atoms with Crippen molar-refractivity contribution < 1.29 is 16.0 Å². The summed E-state index contributed by atoms with van der Waals surface area (Å²) in [5, 5.41) is 13.4. The zero-order valence-electron chi connectivity index (χ0n) is 17.0. The van der Waals surface area contributed by atoms with Gasteiger partial charge >= 0.3 is 5.69 Å². The van der Waals surface area contributed by atoms with Gasteiger partial charge in [-0.3, -0.25) is 14.3 Å². The van der Waals surface area contributed by atoms with Crippen molar-refractivity contribution in [1.29, 1.82) is 0 Å². The highest BCUT2D eigenvalue weighted by Gasteiger charge is 2.64. The molecular weight excluding hydrogens is 360 g/mol. The Morgan fingerprint density at radius 1 is 1.39 bits per heavy atom. The third-order valence-corrected chi connectivity index (χ3v) is 5.92. The summed E-state index contributed by atoms with van der Waals surface area (Å²) in [7, 11) is 1.85. The molecule has 148 valence electrons. The zero-order chi connectivity index (χ0) is 20.9. The number of carbonyl (C=O) groups excluding carboxylic acids is 1.